The van der Waals surface area contributed by atoms with Gasteiger partial charge in [-0.1, -0.05) is 66.7 Å². The second-order valence-corrected chi connectivity index (χ2v) is 10.5. The number of piperidine rings is 1. The predicted molar refractivity (Wildman–Crippen MR) is 144 cm³/mol. The standard InChI is InChI=1S/C31H31FN4O3/c32-28-23(11-12-24-25(28)20-36(31(24)39)26-13-14-27(37)33-30(26)38)19-34-15-17-35(18-16-34)29(21-7-3-1-4-8-21)22-9-5-2-6-10-22/h1-12,26,29H,13-20H2,(H,33,37,38). The Bertz CT molecular complexity index is 1350. The Morgan fingerprint density at radius 2 is 1.49 bits per heavy atom. The van der Waals surface area contributed by atoms with Crippen molar-refractivity contribution < 1.29 is 18.8 Å². The van der Waals surface area contributed by atoms with Gasteiger partial charge in [0.1, 0.15) is 11.9 Å². The van der Waals surface area contributed by atoms with Crippen LogP contribution in [0.25, 0.3) is 0 Å². The van der Waals surface area contributed by atoms with Gasteiger partial charge >= 0.3 is 0 Å². The van der Waals surface area contributed by atoms with Crippen molar-refractivity contribution in [2.24, 2.45) is 0 Å². The van der Waals surface area contributed by atoms with Gasteiger partial charge in [0.25, 0.3) is 5.91 Å². The van der Waals surface area contributed by atoms with Crippen molar-refractivity contribution in [2.75, 3.05) is 26.2 Å². The van der Waals surface area contributed by atoms with Crippen LogP contribution >= 0.6 is 0 Å². The maximum absolute atomic E-state index is 15.7. The summed E-state index contributed by atoms with van der Waals surface area (Å²) in [6, 6.07) is 23.8. The third-order valence-electron chi connectivity index (χ3n) is 8.13. The van der Waals surface area contributed by atoms with E-state index in [1.165, 1.54) is 16.0 Å². The zero-order chi connectivity index (χ0) is 26.9. The molecule has 0 radical (unpaired) electrons. The number of hydrogen-bond donors (Lipinski definition) is 1. The lowest BCUT2D eigenvalue weighted by atomic mass is 9.96. The summed E-state index contributed by atoms with van der Waals surface area (Å²) in [4.78, 5) is 43.0. The van der Waals surface area contributed by atoms with Gasteiger partial charge in [-0.25, -0.2) is 4.39 Å². The van der Waals surface area contributed by atoms with Crippen molar-refractivity contribution in [2.45, 2.75) is 38.0 Å². The summed E-state index contributed by atoms with van der Waals surface area (Å²) in [7, 11) is 0. The first-order valence-corrected chi connectivity index (χ1v) is 13.5. The molecule has 3 amide bonds. The van der Waals surface area contributed by atoms with Crippen LogP contribution in [0.15, 0.2) is 72.8 Å². The number of imide groups is 1. The molecule has 8 heteroatoms. The highest BCUT2D eigenvalue weighted by atomic mass is 19.1. The lowest BCUT2D eigenvalue weighted by molar-refractivity contribution is -0.136. The van der Waals surface area contributed by atoms with E-state index >= 15 is 4.39 Å². The van der Waals surface area contributed by atoms with Crippen LogP contribution in [0.3, 0.4) is 0 Å². The molecule has 1 N–H and O–H groups in total. The van der Waals surface area contributed by atoms with Gasteiger partial charge in [0, 0.05) is 55.8 Å². The van der Waals surface area contributed by atoms with Gasteiger partial charge in [0.15, 0.2) is 0 Å². The number of halogens is 1. The first-order chi connectivity index (χ1) is 19.0. The molecular formula is C31H31FN4O3. The van der Waals surface area contributed by atoms with E-state index < -0.39 is 11.9 Å². The quantitative estimate of drug-likeness (QED) is 0.498. The highest BCUT2D eigenvalue weighted by Crippen LogP contribution is 2.32. The van der Waals surface area contributed by atoms with Crippen LogP contribution in [-0.2, 0) is 22.7 Å². The number of hydrogen-bond acceptors (Lipinski definition) is 5. The third-order valence-corrected chi connectivity index (χ3v) is 8.13. The number of fused-ring (bicyclic) bond motifs is 1. The first kappa shape index (κ1) is 25.4. The van der Waals surface area contributed by atoms with Crippen molar-refractivity contribution in [1.29, 1.82) is 0 Å². The molecule has 3 heterocycles. The van der Waals surface area contributed by atoms with E-state index in [0.717, 1.165) is 26.2 Å². The van der Waals surface area contributed by atoms with Gasteiger partial charge in [0.05, 0.1) is 12.6 Å². The summed E-state index contributed by atoms with van der Waals surface area (Å²) in [5, 5.41) is 2.29. The number of carbonyl (C=O) groups excluding carboxylic acids is 3. The Morgan fingerprint density at radius 1 is 0.846 bits per heavy atom. The minimum atomic E-state index is -0.749. The van der Waals surface area contributed by atoms with Crippen LogP contribution in [0.2, 0.25) is 0 Å². The summed E-state index contributed by atoms with van der Waals surface area (Å²) in [6.07, 6.45) is 0.432. The third kappa shape index (κ3) is 4.97. The number of amides is 3. The van der Waals surface area contributed by atoms with Crippen LogP contribution in [0.5, 0.6) is 0 Å². The average molecular weight is 527 g/mol. The molecule has 0 bridgehead atoms. The lowest BCUT2D eigenvalue weighted by Gasteiger charge is -2.40. The monoisotopic (exact) mass is 526 g/mol. The fourth-order valence-corrected chi connectivity index (χ4v) is 6.08. The predicted octanol–water partition coefficient (Wildman–Crippen LogP) is 3.49. The van der Waals surface area contributed by atoms with E-state index in [2.05, 4.69) is 63.6 Å². The molecule has 3 aliphatic rings. The van der Waals surface area contributed by atoms with Crippen LogP contribution < -0.4 is 5.32 Å². The van der Waals surface area contributed by atoms with Crippen LogP contribution in [0.4, 0.5) is 4.39 Å². The van der Waals surface area contributed by atoms with E-state index in [0.29, 0.717) is 23.2 Å². The summed E-state index contributed by atoms with van der Waals surface area (Å²) in [6.45, 7) is 3.80. The maximum atomic E-state index is 15.7. The second kappa shape index (κ2) is 10.7. The summed E-state index contributed by atoms with van der Waals surface area (Å²) in [5.74, 6) is -1.56. The number of carbonyl (C=O) groups is 3. The molecule has 3 aromatic carbocycles. The molecule has 200 valence electrons. The van der Waals surface area contributed by atoms with Gasteiger partial charge in [-0.2, -0.15) is 0 Å². The van der Waals surface area contributed by atoms with Gasteiger partial charge in [0.2, 0.25) is 11.8 Å². The van der Waals surface area contributed by atoms with E-state index in [-0.39, 0.29) is 43.1 Å². The molecule has 2 fully saturated rings. The van der Waals surface area contributed by atoms with Crippen molar-refractivity contribution >= 4 is 17.7 Å². The van der Waals surface area contributed by atoms with Crippen molar-refractivity contribution in [3.8, 4) is 0 Å². The number of benzene rings is 3. The molecule has 39 heavy (non-hydrogen) atoms. The summed E-state index contributed by atoms with van der Waals surface area (Å²) in [5.41, 5.74) is 3.72. The van der Waals surface area contributed by atoms with Gasteiger partial charge in [-0.15, -0.1) is 0 Å². The van der Waals surface area contributed by atoms with E-state index in [9.17, 15) is 14.4 Å². The lowest BCUT2D eigenvalue weighted by Crippen LogP contribution is -2.52. The van der Waals surface area contributed by atoms with Crippen LogP contribution in [-0.4, -0.2) is 64.6 Å². The molecule has 1 unspecified atom stereocenters. The van der Waals surface area contributed by atoms with Gasteiger partial charge < -0.3 is 4.90 Å². The Morgan fingerprint density at radius 3 is 2.10 bits per heavy atom. The summed E-state index contributed by atoms with van der Waals surface area (Å²) >= 11 is 0. The zero-order valence-electron chi connectivity index (χ0n) is 21.7. The largest absolute Gasteiger partial charge is 0.322 e. The fraction of sp³-hybridized carbons (Fsp3) is 0.323. The van der Waals surface area contributed by atoms with Crippen LogP contribution in [0.1, 0.15) is 51.5 Å². The van der Waals surface area contributed by atoms with Crippen molar-refractivity contribution in [3.05, 3.63) is 106 Å². The van der Waals surface area contributed by atoms with Crippen molar-refractivity contribution in [3.63, 3.8) is 0 Å². The van der Waals surface area contributed by atoms with E-state index in [4.69, 9.17) is 0 Å². The molecule has 3 aliphatic heterocycles. The molecule has 3 aromatic rings. The molecule has 1 atom stereocenters. The Balaban J connectivity index is 1.14. The van der Waals surface area contributed by atoms with E-state index in [1.807, 2.05) is 12.1 Å². The minimum Gasteiger partial charge on any atom is -0.322 e. The van der Waals surface area contributed by atoms with Crippen molar-refractivity contribution in [1.82, 2.24) is 20.0 Å². The number of nitrogens with one attached hydrogen (secondary N) is 1. The molecular weight excluding hydrogens is 495 g/mol. The molecule has 0 spiro atoms. The normalized spacial score (nSPS) is 20.4. The molecule has 2 saturated heterocycles. The first-order valence-electron chi connectivity index (χ1n) is 13.5. The van der Waals surface area contributed by atoms with Gasteiger partial charge in [-0.05, 0) is 23.6 Å². The zero-order valence-corrected chi connectivity index (χ0v) is 21.7. The van der Waals surface area contributed by atoms with E-state index in [1.54, 1.807) is 12.1 Å². The van der Waals surface area contributed by atoms with Gasteiger partial charge in [-0.3, -0.25) is 29.5 Å². The topological polar surface area (TPSA) is 73.0 Å². The highest BCUT2D eigenvalue weighted by Gasteiger charge is 2.40. The Kier molecular flexibility index (Phi) is 6.97. The average Bonchev–Trinajstić information content (AvgIpc) is 3.29. The second-order valence-electron chi connectivity index (χ2n) is 10.5. The number of piperazine rings is 1. The fourth-order valence-electron chi connectivity index (χ4n) is 6.08. The molecule has 7 nitrogen and oxygen atoms in total. The molecule has 0 aromatic heterocycles. The van der Waals surface area contributed by atoms with Crippen LogP contribution in [0, 0.1) is 5.82 Å². The maximum Gasteiger partial charge on any atom is 0.255 e. The molecule has 0 saturated carbocycles. The molecule has 6 rings (SSSR count). The number of rotatable bonds is 6. The number of nitrogens with zero attached hydrogens (tertiary/aromatic N) is 3. The SMILES string of the molecule is O=C1CCC(N2Cc3c(ccc(CN4CCN(C(c5ccccc5)c5ccccc5)CC4)c3F)C2=O)C(=O)N1. The Labute approximate surface area is 227 Å². The smallest absolute Gasteiger partial charge is 0.255 e. The molecule has 0 aliphatic carbocycles. The Hall–Kier alpha value is -3.88. The highest BCUT2D eigenvalue weighted by molar-refractivity contribution is 6.05. The summed E-state index contributed by atoms with van der Waals surface area (Å²) < 4.78 is 15.7. The minimum absolute atomic E-state index is 0.0454.